The third-order valence-electron chi connectivity index (χ3n) is 3.20. The third kappa shape index (κ3) is 3.59. The van der Waals surface area contributed by atoms with Gasteiger partial charge >= 0.3 is 0 Å². The van der Waals surface area contributed by atoms with Crippen molar-refractivity contribution in [3.8, 4) is 0 Å². The molecule has 1 atom stereocenters. The van der Waals surface area contributed by atoms with E-state index in [2.05, 4.69) is 38.3 Å². The lowest BCUT2D eigenvalue weighted by Crippen LogP contribution is -2.21. The fourth-order valence-corrected chi connectivity index (χ4v) is 2.80. The molecule has 1 N–H and O–H groups in total. The normalized spacial score (nSPS) is 12.6. The van der Waals surface area contributed by atoms with Crippen LogP contribution in [0.4, 0.5) is 0 Å². The van der Waals surface area contributed by atoms with Crippen LogP contribution in [-0.4, -0.2) is 21.8 Å². The van der Waals surface area contributed by atoms with E-state index in [1.165, 1.54) is 0 Å². The zero-order chi connectivity index (χ0) is 14.5. The smallest absolute Gasteiger partial charge is 0.138 e. The second kappa shape index (κ2) is 7.20. The van der Waals surface area contributed by atoms with Gasteiger partial charge in [0.2, 0.25) is 0 Å². The number of benzene rings is 1. The van der Waals surface area contributed by atoms with Gasteiger partial charge < -0.3 is 5.32 Å². The van der Waals surface area contributed by atoms with E-state index in [1.54, 1.807) is 6.33 Å². The summed E-state index contributed by atoms with van der Waals surface area (Å²) in [6, 6.07) is 6.00. The number of aromatic nitrogens is 3. The molecule has 0 saturated heterocycles. The fraction of sp³-hybridized carbons (Fsp3) is 0.429. The van der Waals surface area contributed by atoms with E-state index in [4.69, 9.17) is 11.6 Å². The summed E-state index contributed by atoms with van der Waals surface area (Å²) in [5.41, 5.74) is 1.06. The minimum absolute atomic E-state index is 0.111. The maximum Gasteiger partial charge on any atom is 0.138 e. The van der Waals surface area contributed by atoms with E-state index in [-0.39, 0.29) is 6.04 Å². The van der Waals surface area contributed by atoms with Crippen LogP contribution in [0.3, 0.4) is 0 Å². The Bertz CT molecular complexity index is 570. The van der Waals surface area contributed by atoms with Crippen LogP contribution in [0.25, 0.3) is 0 Å². The maximum atomic E-state index is 6.31. The van der Waals surface area contributed by atoms with Gasteiger partial charge in [-0.3, -0.25) is 4.68 Å². The Hall–Kier alpha value is -0.910. The van der Waals surface area contributed by atoms with Gasteiger partial charge in [0.15, 0.2) is 0 Å². The Morgan fingerprint density at radius 1 is 1.45 bits per heavy atom. The lowest BCUT2D eigenvalue weighted by molar-refractivity contribution is 0.517. The predicted octanol–water partition coefficient (Wildman–Crippen LogP) is 3.61. The van der Waals surface area contributed by atoms with E-state index >= 15 is 0 Å². The van der Waals surface area contributed by atoms with Crippen LogP contribution >= 0.6 is 27.5 Å². The zero-order valence-electron chi connectivity index (χ0n) is 11.6. The Labute approximate surface area is 132 Å². The van der Waals surface area contributed by atoms with Gasteiger partial charge in [0, 0.05) is 28.5 Å². The molecule has 0 aliphatic rings. The summed E-state index contributed by atoms with van der Waals surface area (Å²) >= 11 is 9.80. The predicted molar refractivity (Wildman–Crippen MR) is 85.0 cm³/mol. The Morgan fingerprint density at radius 2 is 2.25 bits per heavy atom. The summed E-state index contributed by atoms with van der Waals surface area (Å²) in [5, 5.41) is 8.33. The Kier molecular flexibility index (Phi) is 5.57. The van der Waals surface area contributed by atoms with Crippen molar-refractivity contribution in [1.82, 2.24) is 20.1 Å². The first-order valence-corrected chi connectivity index (χ1v) is 7.81. The SMILES string of the molecule is CCCn1ncnc1CC(NC)c1cc(Br)ccc1Cl. The van der Waals surface area contributed by atoms with Gasteiger partial charge in [-0.2, -0.15) is 5.10 Å². The van der Waals surface area contributed by atoms with Gasteiger partial charge in [0.25, 0.3) is 0 Å². The Balaban J connectivity index is 2.24. The summed E-state index contributed by atoms with van der Waals surface area (Å²) < 4.78 is 2.98. The van der Waals surface area contributed by atoms with Gasteiger partial charge in [-0.25, -0.2) is 4.98 Å². The van der Waals surface area contributed by atoms with Crippen molar-refractivity contribution in [3.63, 3.8) is 0 Å². The fourth-order valence-electron chi connectivity index (χ4n) is 2.18. The second-order valence-corrected chi connectivity index (χ2v) is 5.93. The second-order valence-electron chi connectivity index (χ2n) is 4.61. The van der Waals surface area contributed by atoms with E-state index in [0.29, 0.717) is 0 Å². The molecule has 0 spiro atoms. The summed E-state index contributed by atoms with van der Waals surface area (Å²) in [6.07, 6.45) is 3.41. The molecular weight excluding hydrogens is 340 g/mol. The molecule has 1 heterocycles. The van der Waals surface area contributed by atoms with Crippen molar-refractivity contribution >= 4 is 27.5 Å². The lowest BCUT2D eigenvalue weighted by Gasteiger charge is -2.18. The van der Waals surface area contributed by atoms with Gasteiger partial charge in [-0.1, -0.05) is 34.5 Å². The number of rotatable bonds is 6. The molecule has 6 heteroatoms. The quantitative estimate of drug-likeness (QED) is 0.859. The molecule has 1 aromatic heterocycles. The number of hydrogen-bond donors (Lipinski definition) is 1. The van der Waals surface area contributed by atoms with Gasteiger partial charge in [-0.15, -0.1) is 0 Å². The van der Waals surface area contributed by atoms with Crippen molar-refractivity contribution in [2.45, 2.75) is 32.4 Å². The largest absolute Gasteiger partial charge is 0.313 e. The van der Waals surface area contributed by atoms with Gasteiger partial charge in [-0.05, 0) is 37.2 Å². The van der Waals surface area contributed by atoms with Crippen LogP contribution in [0.15, 0.2) is 29.0 Å². The maximum absolute atomic E-state index is 6.31. The summed E-state index contributed by atoms with van der Waals surface area (Å²) in [7, 11) is 1.93. The van der Waals surface area contributed by atoms with Crippen molar-refractivity contribution in [1.29, 1.82) is 0 Å². The van der Waals surface area contributed by atoms with Crippen LogP contribution in [0.1, 0.15) is 30.8 Å². The van der Waals surface area contributed by atoms with Crippen molar-refractivity contribution < 1.29 is 0 Å². The van der Waals surface area contributed by atoms with Crippen LogP contribution in [0.2, 0.25) is 5.02 Å². The molecule has 0 fully saturated rings. The average molecular weight is 358 g/mol. The number of nitrogens with zero attached hydrogens (tertiary/aromatic N) is 3. The first-order valence-electron chi connectivity index (χ1n) is 6.64. The highest BCUT2D eigenvalue weighted by atomic mass is 79.9. The molecule has 2 rings (SSSR count). The first kappa shape index (κ1) is 15.5. The minimum Gasteiger partial charge on any atom is -0.313 e. The average Bonchev–Trinajstić information content (AvgIpc) is 2.87. The highest BCUT2D eigenvalue weighted by molar-refractivity contribution is 9.10. The molecule has 0 aliphatic carbocycles. The van der Waals surface area contributed by atoms with Crippen LogP contribution < -0.4 is 5.32 Å². The van der Waals surface area contributed by atoms with Gasteiger partial charge in [0.05, 0.1) is 0 Å². The van der Waals surface area contributed by atoms with E-state index in [9.17, 15) is 0 Å². The highest BCUT2D eigenvalue weighted by Crippen LogP contribution is 2.28. The third-order valence-corrected chi connectivity index (χ3v) is 4.04. The molecule has 2 aromatic rings. The molecule has 20 heavy (non-hydrogen) atoms. The summed E-state index contributed by atoms with van der Waals surface area (Å²) in [6.45, 7) is 3.02. The number of likely N-dealkylation sites (N-methyl/N-ethyl adjacent to an activating group) is 1. The number of halogens is 2. The zero-order valence-corrected chi connectivity index (χ0v) is 13.9. The summed E-state index contributed by atoms with van der Waals surface area (Å²) in [5.74, 6) is 0.974. The molecular formula is C14H18BrClN4. The molecule has 4 nitrogen and oxygen atoms in total. The molecule has 0 radical (unpaired) electrons. The lowest BCUT2D eigenvalue weighted by atomic mass is 10.0. The van der Waals surface area contributed by atoms with Crippen LogP contribution in [0, 0.1) is 0 Å². The molecule has 0 bridgehead atoms. The molecule has 1 unspecified atom stereocenters. The number of hydrogen-bond acceptors (Lipinski definition) is 3. The van der Waals surface area contributed by atoms with E-state index in [1.807, 2.05) is 29.9 Å². The number of nitrogens with one attached hydrogen (secondary N) is 1. The molecule has 0 amide bonds. The van der Waals surface area contributed by atoms with Crippen molar-refractivity contribution in [2.24, 2.45) is 0 Å². The van der Waals surface area contributed by atoms with Crippen molar-refractivity contribution in [3.05, 3.63) is 45.4 Å². The standard InChI is InChI=1S/C14H18BrClN4/c1-3-6-20-14(18-9-19-20)8-13(17-2)11-7-10(15)4-5-12(11)16/h4-5,7,9,13,17H,3,6,8H2,1-2H3. The Morgan fingerprint density at radius 3 is 2.95 bits per heavy atom. The first-order chi connectivity index (χ1) is 9.65. The monoisotopic (exact) mass is 356 g/mol. The number of aryl methyl sites for hydroxylation is 1. The molecule has 0 aliphatic heterocycles. The molecule has 108 valence electrons. The highest BCUT2D eigenvalue weighted by Gasteiger charge is 2.17. The molecule has 1 aromatic carbocycles. The van der Waals surface area contributed by atoms with Crippen LogP contribution in [-0.2, 0) is 13.0 Å². The minimum atomic E-state index is 0.111. The van der Waals surface area contributed by atoms with Gasteiger partial charge in [0.1, 0.15) is 12.2 Å². The van der Waals surface area contributed by atoms with Crippen LogP contribution in [0.5, 0.6) is 0 Å². The van der Waals surface area contributed by atoms with E-state index < -0.39 is 0 Å². The molecule has 0 saturated carbocycles. The van der Waals surface area contributed by atoms with E-state index in [0.717, 1.165) is 40.3 Å². The summed E-state index contributed by atoms with van der Waals surface area (Å²) in [4.78, 5) is 4.36. The topological polar surface area (TPSA) is 42.7 Å². The van der Waals surface area contributed by atoms with Crippen molar-refractivity contribution in [2.75, 3.05) is 7.05 Å².